The lowest BCUT2D eigenvalue weighted by Crippen LogP contribution is -2.25. The first kappa shape index (κ1) is 22.1. The molecule has 1 amide bonds. The van der Waals surface area contributed by atoms with Crippen molar-refractivity contribution < 1.29 is 56.0 Å². The van der Waals surface area contributed by atoms with Crippen molar-refractivity contribution in [2.45, 2.75) is 25.2 Å². The largest absolute Gasteiger partial charge is 0.490 e. The molecule has 0 spiro atoms. The van der Waals surface area contributed by atoms with Crippen LogP contribution in [0.4, 0.5) is 31.1 Å². The van der Waals surface area contributed by atoms with E-state index >= 15 is 0 Å². The second kappa shape index (κ2) is 8.94. The SMILES string of the molecule is O=C(O)C(F)(F)F.O=C(O)C(F)(F)F.O=C(O)N1CCCC1. The standard InChI is InChI=1S/C5H9NO2.2C2HF3O2/c7-5(8)6-3-1-2-4-6;2*3-2(4,5)1(6)7/h1-4H2,(H,7,8);2*(H,6,7). The Morgan fingerprint density at radius 1 is 0.727 bits per heavy atom. The number of hydrogen-bond donors (Lipinski definition) is 3. The molecule has 13 heteroatoms. The van der Waals surface area contributed by atoms with Gasteiger partial charge in [0.2, 0.25) is 0 Å². The van der Waals surface area contributed by atoms with Gasteiger partial charge >= 0.3 is 30.4 Å². The molecule has 1 aliphatic heterocycles. The number of aliphatic carboxylic acids is 2. The molecule has 1 saturated heterocycles. The molecular formula is C9H11F6NO6. The summed E-state index contributed by atoms with van der Waals surface area (Å²) < 4.78 is 63.5. The Balaban J connectivity index is 0. The highest BCUT2D eigenvalue weighted by atomic mass is 19.4. The van der Waals surface area contributed by atoms with Crippen molar-refractivity contribution in [3.05, 3.63) is 0 Å². The van der Waals surface area contributed by atoms with Crippen LogP contribution in [0, 0.1) is 0 Å². The molecule has 22 heavy (non-hydrogen) atoms. The van der Waals surface area contributed by atoms with Crippen molar-refractivity contribution in [1.29, 1.82) is 0 Å². The fourth-order valence-electron chi connectivity index (χ4n) is 0.908. The Kier molecular flexibility index (Phi) is 8.97. The minimum Gasteiger partial charge on any atom is -0.475 e. The molecule has 7 nitrogen and oxygen atoms in total. The molecule has 0 unspecified atom stereocenters. The molecule has 0 saturated carbocycles. The van der Waals surface area contributed by atoms with Gasteiger partial charge in [0.25, 0.3) is 0 Å². The molecule has 0 aromatic carbocycles. The summed E-state index contributed by atoms with van der Waals surface area (Å²) in [5.74, 6) is -5.51. The van der Waals surface area contributed by atoms with E-state index in [1.807, 2.05) is 0 Å². The minimum absolute atomic E-state index is 0.731. The second-order valence-electron chi connectivity index (χ2n) is 3.58. The Morgan fingerprint density at radius 3 is 1.05 bits per heavy atom. The number of alkyl halides is 6. The summed E-state index contributed by atoms with van der Waals surface area (Å²) in [4.78, 5) is 29.4. The van der Waals surface area contributed by atoms with Crippen LogP contribution in [-0.4, -0.2) is 63.7 Å². The van der Waals surface area contributed by atoms with Crippen LogP contribution in [0.3, 0.4) is 0 Å². The maximum absolute atomic E-state index is 10.6. The molecule has 1 heterocycles. The van der Waals surface area contributed by atoms with Crippen LogP contribution < -0.4 is 0 Å². The van der Waals surface area contributed by atoms with E-state index in [4.69, 9.17) is 24.9 Å². The summed E-state index contributed by atoms with van der Waals surface area (Å²) in [6.07, 6.45) is -8.87. The summed E-state index contributed by atoms with van der Waals surface area (Å²) in [6.45, 7) is 1.46. The third-order valence-corrected chi connectivity index (χ3v) is 1.86. The van der Waals surface area contributed by atoms with E-state index in [-0.39, 0.29) is 0 Å². The molecule has 0 aromatic rings. The van der Waals surface area contributed by atoms with Gasteiger partial charge in [-0.2, -0.15) is 26.3 Å². The number of nitrogens with zero attached hydrogens (tertiary/aromatic N) is 1. The zero-order valence-electron chi connectivity index (χ0n) is 10.6. The second-order valence-corrected chi connectivity index (χ2v) is 3.58. The average Bonchev–Trinajstić information content (AvgIpc) is 2.81. The van der Waals surface area contributed by atoms with E-state index in [1.165, 1.54) is 4.90 Å². The predicted molar refractivity (Wildman–Crippen MR) is 56.2 cm³/mol. The molecule has 1 rings (SSSR count). The first-order chi connectivity index (χ1) is 9.69. The number of hydrogen-bond acceptors (Lipinski definition) is 3. The van der Waals surface area contributed by atoms with Gasteiger partial charge in [0.05, 0.1) is 0 Å². The highest BCUT2D eigenvalue weighted by Gasteiger charge is 2.38. The lowest BCUT2D eigenvalue weighted by molar-refractivity contribution is -0.193. The van der Waals surface area contributed by atoms with Crippen molar-refractivity contribution >= 4 is 18.0 Å². The van der Waals surface area contributed by atoms with Gasteiger partial charge in [-0.3, -0.25) is 0 Å². The van der Waals surface area contributed by atoms with Crippen LogP contribution in [-0.2, 0) is 9.59 Å². The van der Waals surface area contributed by atoms with Crippen molar-refractivity contribution in [1.82, 2.24) is 4.90 Å². The van der Waals surface area contributed by atoms with Gasteiger partial charge in [0.15, 0.2) is 0 Å². The van der Waals surface area contributed by atoms with Crippen molar-refractivity contribution in [3.8, 4) is 0 Å². The monoisotopic (exact) mass is 343 g/mol. The third-order valence-electron chi connectivity index (χ3n) is 1.86. The number of rotatable bonds is 0. The van der Waals surface area contributed by atoms with Gasteiger partial charge in [-0.15, -0.1) is 0 Å². The van der Waals surface area contributed by atoms with Gasteiger partial charge in [-0.25, -0.2) is 14.4 Å². The molecule has 130 valence electrons. The Bertz CT molecular complexity index is 363. The molecule has 1 aliphatic rings. The van der Waals surface area contributed by atoms with Gasteiger partial charge in [0, 0.05) is 13.1 Å². The zero-order valence-corrected chi connectivity index (χ0v) is 10.6. The normalized spacial score (nSPS) is 14.2. The van der Waals surface area contributed by atoms with E-state index in [0.29, 0.717) is 0 Å². The van der Waals surface area contributed by atoms with Crippen molar-refractivity contribution in [2.24, 2.45) is 0 Å². The van der Waals surface area contributed by atoms with Gasteiger partial charge in [0.1, 0.15) is 0 Å². The molecule has 0 bridgehead atoms. The smallest absolute Gasteiger partial charge is 0.475 e. The van der Waals surface area contributed by atoms with E-state index in [0.717, 1.165) is 25.9 Å². The van der Waals surface area contributed by atoms with E-state index in [1.54, 1.807) is 0 Å². The van der Waals surface area contributed by atoms with Crippen LogP contribution in [0.5, 0.6) is 0 Å². The van der Waals surface area contributed by atoms with E-state index in [9.17, 15) is 31.1 Å². The van der Waals surface area contributed by atoms with E-state index in [2.05, 4.69) is 0 Å². The third kappa shape index (κ3) is 11.6. The fraction of sp³-hybridized carbons (Fsp3) is 0.667. The Morgan fingerprint density at radius 2 is 0.955 bits per heavy atom. The summed E-state index contributed by atoms with van der Waals surface area (Å²) in [5, 5.41) is 22.6. The molecular weight excluding hydrogens is 332 g/mol. The first-order valence-electron chi connectivity index (χ1n) is 5.27. The number of likely N-dealkylation sites (tertiary alicyclic amines) is 1. The van der Waals surface area contributed by atoms with Crippen LogP contribution in [0.15, 0.2) is 0 Å². The first-order valence-corrected chi connectivity index (χ1v) is 5.27. The zero-order chi connectivity index (χ0) is 18.1. The van der Waals surface area contributed by atoms with Gasteiger partial charge in [-0.1, -0.05) is 0 Å². The van der Waals surface area contributed by atoms with E-state index < -0.39 is 30.4 Å². The molecule has 0 radical (unpaired) electrons. The number of amides is 1. The lowest BCUT2D eigenvalue weighted by atomic mass is 10.4. The molecule has 3 N–H and O–H groups in total. The number of halogens is 6. The van der Waals surface area contributed by atoms with Crippen LogP contribution >= 0.6 is 0 Å². The minimum atomic E-state index is -5.08. The maximum Gasteiger partial charge on any atom is 0.490 e. The summed E-state index contributed by atoms with van der Waals surface area (Å²) in [6, 6.07) is 0. The summed E-state index contributed by atoms with van der Waals surface area (Å²) in [5.41, 5.74) is 0. The number of carbonyl (C=O) groups is 3. The maximum atomic E-state index is 10.6. The summed E-state index contributed by atoms with van der Waals surface area (Å²) >= 11 is 0. The van der Waals surface area contributed by atoms with Crippen molar-refractivity contribution in [3.63, 3.8) is 0 Å². The number of carboxylic acid groups (broad SMARTS) is 3. The van der Waals surface area contributed by atoms with Gasteiger partial charge < -0.3 is 20.2 Å². The van der Waals surface area contributed by atoms with Crippen LogP contribution in [0.25, 0.3) is 0 Å². The van der Waals surface area contributed by atoms with Gasteiger partial charge in [-0.05, 0) is 12.8 Å². The lowest BCUT2D eigenvalue weighted by Gasteiger charge is -2.07. The fourth-order valence-corrected chi connectivity index (χ4v) is 0.908. The predicted octanol–water partition coefficient (Wildman–Crippen LogP) is 2.03. The molecule has 0 atom stereocenters. The molecule has 0 aromatic heterocycles. The van der Waals surface area contributed by atoms with Crippen LogP contribution in [0.2, 0.25) is 0 Å². The average molecular weight is 343 g/mol. The summed E-state index contributed by atoms with van der Waals surface area (Å²) in [7, 11) is 0. The Hall–Kier alpha value is -2.21. The van der Waals surface area contributed by atoms with Crippen molar-refractivity contribution in [2.75, 3.05) is 13.1 Å². The highest BCUT2D eigenvalue weighted by Crippen LogP contribution is 2.13. The Labute approximate surface area is 118 Å². The number of carboxylic acids is 2. The topological polar surface area (TPSA) is 115 Å². The highest BCUT2D eigenvalue weighted by molar-refractivity contribution is 5.73. The van der Waals surface area contributed by atoms with Crippen LogP contribution in [0.1, 0.15) is 12.8 Å². The quantitative estimate of drug-likeness (QED) is 0.580. The molecule has 1 fully saturated rings. The molecule has 0 aliphatic carbocycles.